The number of likely N-dealkylation sites (N-methyl/N-ethyl adjacent to an activating group) is 1. The van der Waals surface area contributed by atoms with Gasteiger partial charge in [0.1, 0.15) is 0 Å². The Morgan fingerprint density at radius 2 is 1.83 bits per heavy atom. The van der Waals surface area contributed by atoms with E-state index < -0.39 is 0 Å². The van der Waals surface area contributed by atoms with Gasteiger partial charge in [-0.3, -0.25) is 4.90 Å². The molecular weight excluding hydrogens is 220 g/mol. The van der Waals surface area contributed by atoms with E-state index in [0.29, 0.717) is 0 Å². The summed E-state index contributed by atoms with van der Waals surface area (Å²) in [5.74, 6) is 0. The van der Waals surface area contributed by atoms with Crippen LogP contribution in [0.4, 0.5) is 5.69 Å². The summed E-state index contributed by atoms with van der Waals surface area (Å²) in [5, 5.41) is 3.51. The number of hydrogen-bond donors (Lipinski definition) is 1. The summed E-state index contributed by atoms with van der Waals surface area (Å²) in [6, 6.07) is 11.3. The highest BCUT2D eigenvalue weighted by Gasteiger charge is 2.18. The number of para-hydroxylation sites is 1. The van der Waals surface area contributed by atoms with Gasteiger partial charge in [-0.15, -0.1) is 0 Å². The third-order valence-corrected chi connectivity index (χ3v) is 4.00. The van der Waals surface area contributed by atoms with Gasteiger partial charge in [-0.25, -0.2) is 0 Å². The third-order valence-electron chi connectivity index (χ3n) is 4.00. The largest absolute Gasteiger partial charge is 0.384 e. The Kier molecular flexibility index (Phi) is 5.53. The quantitative estimate of drug-likeness (QED) is 0.822. The summed E-state index contributed by atoms with van der Waals surface area (Å²) in [4.78, 5) is 2.65. The second-order valence-electron chi connectivity index (χ2n) is 5.21. The fraction of sp³-hybridized carbons (Fsp3) is 0.625. The molecule has 0 unspecified atom stereocenters. The lowest BCUT2D eigenvalue weighted by Crippen LogP contribution is -2.39. The Morgan fingerprint density at radius 1 is 1.11 bits per heavy atom. The maximum absolute atomic E-state index is 3.51. The van der Waals surface area contributed by atoms with E-state index in [-0.39, 0.29) is 0 Å². The van der Waals surface area contributed by atoms with Gasteiger partial charge in [-0.1, -0.05) is 44.4 Å². The van der Waals surface area contributed by atoms with Crippen LogP contribution in [0.25, 0.3) is 0 Å². The van der Waals surface area contributed by atoms with Gasteiger partial charge >= 0.3 is 0 Å². The highest BCUT2D eigenvalue weighted by molar-refractivity contribution is 5.42. The predicted octanol–water partition coefficient (Wildman–Crippen LogP) is 3.75. The molecule has 0 atom stereocenters. The summed E-state index contributed by atoms with van der Waals surface area (Å²) in [7, 11) is 0. The van der Waals surface area contributed by atoms with E-state index in [9.17, 15) is 0 Å². The van der Waals surface area contributed by atoms with Crippen LogP contribution < -0.4 is 5.32 Å². The summed E-state index contributed by atoms with van der Waals surface area (Å²) < 4.78 is 0. The van der Waals surface area contributed by atoms with Crippen molar-refractivity contribution in [3.05, 3.63) is 30.3 Å². The first kappa shape index (κ1) is 13.4. The van der Waals surface area contributed by atoms with Crippen LogP contribution in [-0.2, 0) is 0 Å². The van der Waals surface area contributed by atoms with Crippen LogP contribution in [0.2, 0.25) is 0 Å². The molecule has 2 nitrogen and oxygen atoms in total. The standard InChI is InChI=1S/C16H26N2/c1-2-18(16-11-7-4-8-12-16)14-13-17-15-9-5-3-6-10-15/h3,5-6,9-10,16-17H,2,4,7-8,11-14H2,1H3. The molecule has 0 spiro atoms. The minimum Gasteiger partial charge on any atom is -0.384 e. The normalized spacial score (nSPS) is 17.0. The lowest BCUT2D eigenvalue weighted by Gasteiger charge is -2.33. The van der Waals surface area contributed by atoms with Crippen LogP contribution in [-0.4, -0.2) is 30.6 Å². The maximum atomic E-state index is 3.51. The van der Waals surface area contributed by atoms with Crippen LogP contribution in [0, 0.1) is 0 Å². The molecule has 0 aromatic heterocycles. The molecule has 0 amide bonds. The molecular formula is C16H26N2. The van der Waals surface area contributed by atoms with Gasteiger partial charge in [0.05, 0.1) is 0 Å². The fourth-order valence-electron chi connectivity index (χ4n) is 2.94. The first-order chi connectivity index (χ1) is 8.90. The number of anilines is 1. The highest BCUT2D eigenvalue weighted by atomic mass is 15.2. The molecule has 1 aliphatic carbocycles. The van der Waals surface area contributed by atoms with Crippen molar-refractivity contribution in [1.82, 2.24) is 4.90 Å². The molecule has 0 aliphatic heterocycles. The van der Waals surface area contributed by atoms with E-state index in [2.05, 4.69) is 47.5 Å². The van der Waals surface area contributed by atoms with E-state index in [1.807, 2.05) is 0 Å². The van der Waals surface area contributed by atoms with Crippen molar-refractivity contribution < 1.29 is 0 Å². The Bertz CT molecular complexity index is 317. The van der Waals surface area contributed by atoms with Crippen LogP contribution in [0.3, 0.4) is 0 Å². The molecule has 18 heavy (non-hydrogen) atoms. The second-order valence-corrected chi connectivity index (χ2v) is 5.21. The minimum absolute atomic E-state index is 0.835. The summed E-state index contributed by atoms with van der Waals surface area (Å²) in [6.45, 7) is 5.68. The van der Waals surface area contributed by atoms with Crippen molar-refractivity contribution in [1.29, 1.82) is 0 Å². The van der Waals surface area contributed by atoms with Crippen molar-refractivity contribution in [2.24, 2.45) is 0 Å². The van der Waals surface area contributed by atoms with Gasteiger partial charge in [0.2, 0.25) is 0 Å². The van der Waals surface area contributed by atoms with Crippen LogP contribution >= 0.6 is 0 Å². The molecule has 0 heterocycles. The Balaban J connectivity index is 1.73. The van der Waals surface area contributed by atoms with Crippen LogP contribution in [0.1, 0.15) is 39.0 Å². The molecule has 2 rings (SSSR count). The topological polar surface area (TPSA) is 15.3 Å². The molecule has 2 heteroatoms. The molecule has 100 valence electrons. The van der Waals surface area contributed by atoms with Crippen molar-refractivity contribution in [3.63, 3.8) is 0 Å². The van der Waals surface area contributed by atoms with E-state index in [0.717, 1.165) is 19.1 Å². The molecule has 0 saturated heterocycles. The molecule has 1 N–H and O–H groups in total. The summed E-state index contributed by atoms with van der Waals surface area (Å²) in [6.07, 6.45) is 7.09. The van der Waals surface area contributed by atoms with Crippen molar-refractivity contribution in [2.75, 3.05) is 25.0 Å². The monoisotopic (exact) mass is 246 g/mol. The minimum atomic E-state index is 0.835. The van der Waals surface area contributed by atoms with Gasteiger partial charge in [-0.05, 0) is 31.5 Å². The van der Waals surface area contributed by atoms with Gasteiger partial charge < -0.3 is 5.32 Å². The fourth-order valence-corrected chi connectivity index (χ4v) is 2.94. The Labute approximate surface area is 111 Å². The number of hydrogen-bond acceptors (Lipinski definition) is 2. The number of nitrogens with one attached hydrogen (secondary N) is 1. The van der Waals surface area contributed by atoms with Crippen LogP contribution in [0.5, 0.6) is 0 Å². The summed E-state index contributed by atoms with van der Waals surface area (Å²) >= 11 is 0. The average molecular weight is 246 g/mol. The zero-order chi connectivity index (χ0) is 12.6. The lowest BCUT2D eigenvalue weighted by molar-refractivity contribution is 0.169. The molecule has 1 aliphatic rings. The maximum Gasteiger partial charge on any atom is 0.0340 e. The van der Waals surface area contributed by atoms with E-state index >= 15 is 0 Å². The van der Waals surface area contributed by atoms with Crippen molar-refractivity contribution >= 4 is 5.69 Å². The lowest BCUT2D eigenvalue weighted by atomic mass is 9.94. The van der Waals surface area contributed by atoms with Crippen LogP contribution in [0.15, 0.2) is 30.3 Å². The SMILES string of the molecule is CCN(CCNc1ccccc1)C1CCCCC1. The first-order valence-corrected chi connectivity index (χ1v) is 7.43. The number of rotatable bonds is 6. The Morgan fingerprint density at radius 3 is 2.50 bits per heavy atom. The smallest absolute Gasteiger partial charge is 0.0340 e. The predicted molar refractivity (Wildman–Crippen MR) is 79.1 cm³/mol. The zero-order valence-electron chi connectivity index (χ0n) is 11.6. The zero-order valence-corrected chi connectivity index (χ0v) is 11.6. The van der Waals surface area contributed by atoms with Gasteiger partial charge in [0.15, 0.2) is 0 Å². The first-order valence-electron chi connectivity index (χ1n) is 7.43. The van der Waals surface area contributed by atoms with E-state index in [1.54, 1.807) is 0 Å². The molecule has 1 fully saturated rings. The number of nitrogens with zero attached hydrogens (tertiary/aromatic N) is 1. The van der Waals surface area contributed by atoms with Crippen molar-refractivity contribution in [2.45, 2.75) is 45.1 Å². The van der Waals surface area contributed by atoms with Gasteiger partial charge in [0.25, 0.3) is 0 Å². The molecule has 1 aromatic carbocycles. The Hall–Kier alpha value is -1.02. The summed E-state index contributed by atoms with van der Waals surface area (Å²) in [5.41, 5.74) is 1.23. The number of benzene rings is 1. The molecule has 1 saturated carbocycles. The molecule has 0 bridgehead atoms. The second kappa shape index (κ2) is 7.42. The van der Waals surface area contributed by atoms with Gasteiger partial charge in [0, 0.05) is 24.8 Å². The third kappa shape index (κ3) is 4.02. The van der Waals surface area contributed by atoms with E-state index in [4.69, 9.17) is 0 Å². The molecule has 0 radical (unpaired) electrons. The molecule has 1 aromatic rings. The van der Waals surface area contributed by atoms with Crippen molar-refractivity contribution in [3.8, 4) is 0 Å². The van der Waals surface area contributed by atoms with Gasteiger partial charge in [-0.2, -0.15) is 0 Å². The highest BCUT2D eigenvalue weighted by Crippen LogP contribution is 2.22. The average Bonchev–Trinajstić information content (AvgIpc) is 2.46. The van der Waals surface area contributed by atoms with E-state index in [1.165, 1.54) is 44.3 Å².